The first kappa shape index (κ1) is 23.2. The number of carbonyl (C=O) groups excluding carboxylic acids is 1. The van der Waals surface area contributed by atoms with Gasteiger partial charge in [0.2, 0.25) is 10.0 Å². The summed E-state index contributed by atoms with van der Waals surface area (Å²) in [7, 11) is -3.54. The maximum atomic E-state index is 12.7. The number of nitrogens with zero attached hydrogens (tertiary/aromatic N) is 3. The normalized spacial score (nSPS) is 16.1. The zero-order chi connectivity index (χ0) is 21.7. The Hall–Kier alpha value is -1.49. The van der Waals surface area contributed by atoms with Crippen LogP contribution in [-0.4, -0.2) is 62.5 Å². The van der Waals surface area contributed by atoms with E-state index in [1.54, 1.807) is 42.5 Å². The van der Waals surface area contributed by atoms with Gasteiger partial charge in [0.15, 0.2) is 0 Å². The number of amides is 1. The van der Waals surface area contributed by atoms with Gasteiger partial charge in [0.25, 0.3) is 5.91 Å². The molecule has 7 nitrogen and oxygen atoms in total. The van der Waals surface area contributed by atoms with Gasteiger partial charge in [-0.15, -0.1) is 0 Å². The average molecular weight is 534 g/mol. The molecule has 1 aliphatic heterocycles. The lowest BCUT2D eigenvalue weighted by molar-refractivity contribution is -0.122. The Labute approximate surface area is 193 Å². The summed E-state index contributed by atoms with van der Waals surface area (Å²) in [6.07, 6.45) is 1.48. The smallest absolute Gasteiger partial charge is 0.254 e. The maximum Gasteiger partial charge on any atom is 0.254 e. The van der Waals surface area contributed by atoms with Crippen LogP contribution in [0.25, 0.3) is 0 Å². The number of halogens is 3. The molecule has 0 atom stereocenters. The predicted octanol–water partition coefficient (Wildman–Crippen LogP) is 3.21. The third kappa shape index (κ3) is 6.03. The fourth-order valence-electron chi connectivity index (χ4n) is 2.89. The Morgan fingerprint density at radius 2 is 1.73 bits per heavy atom. The van der Waals surface area contributed by atoms with E-state index in [9.17, 15) is 13.2 Å². The van der Waals surface area contributed by atoms with Crippen molar-refractivity contribution in [3.63, 3.8) is 0 Å². The van der Waals surface area contributed by atoms with Crippen molar-refractivity contribution in [3.05, 3.63) is 62.5 Å². The van der Waals surface area contributed by atoms with Crippen molar-refractivity contribution in [1.29, 1.82) is 0 Å². The Morgan fingerprint density at radius 3 is 2.37 bits per heavy atom. The van der Waals surface area contributed by atoms with Gasteiger partial charge in [-0.2, -0.15) is 9.41 Å². The van der Waals surface area contributed by atoms with E-state index in [2.05, 4.69) is 26.5 Å². The van der Waals surface area contributed by atoms with E-state index >= 15 is 0 Å². The second kappa shape index (κ2) is 10.2. The zero-order valence-electron chi connectivity index (χ0n) is 15.8. The summed E-state index contributed by atoms with van der Waals surface area (Å²) in [5.74, 6) is -0.282. The topological polar surface area (TPSA) is 82.1 Å². The molecule has 2 aromatic rings. The molecule has 1 saturated heterocycles. The molecule has 0 spiro atoms. The molecule has 0 unspecified atom stereocenters. The second-order valence-corrected chi connectivity index (χ2v) is 10.3. The molecule has 11 heteroatoms. The molecule has 1 heterocycles. The SMILES string of the molecule is O=C(CN1CCN(S(=O)(=O)c2ccc(Br)cc2)CC1)N/N=C\c1ccc(Cl)c(Cl)c1. The van der Waals surface area contributed by atoms with Crippen LogP contribution in [0.4, 0.5) is 0 Å². The third-order valence-corrected chi connectivity index (χ3v) is 7.68. The summed E-state index contributed by atoms with van der Waals surface area (Å²) in [5, 5.41) is 4.76. The van der Waals surface area contributed by atoms with Gasteiger partial charge in [-0.1, -0.05) is 45.2 Å². The zero-order valence-corrected chi connectivity index (χ0v) is 19.7. The summed E-state index contributed by atoms with van der Waals surface area (Å²) in [4.78, 5) is 14.2. The van der Waals surface area contributed by atoms with Gasteiger partial charge in [0.1, 0.15) is 0 Å². The monoisotopic (exact) mass is 532 g/mol. The van der Waals surface area contributed by atoms with Gasteiger partial charge < -0.3 is 0 Å². The average Bonchev–Trinajstić information content (AvgIpc) is 2.71. The Kier molecular flexibility index (Phi) is 7.89. The predicted molar refractivity (Wildman–Crippen MR) is 122 cm³/mol. The number of hydrogen-bond donors (Lipinski definition) is 1. The van der Waals surface area contributed by atoms with Crippen LogP contribution < -0.4 is 5.43 Å². The fourth-order valence-corrected chi connectivity index (χ4v) is 4.89. The van der Waals surface area contributed by atoms with Gasteiger partial charge in [0, 0.05) is 30.7 Å². The minimum Gasteiger partial charge on any atom is -0.292 e. The molecule has 2 aromatic carbocycles. The maximum absolute atomic E-state index is 12.7. The largest absolute Gasteiger partial charge is 0.292 e. The minimum absolute atomic E-state index is 0.130. The van der Waals surface area contributed by atoms with Crippen LogP contribution in [0.5, 0.6) is 0 Å². The summed E-state index contributed by atoms with van der Waals surface area (Å²) >= 11 is 15.1. The summed E-state index contributed by atoms with van der Waals surface area (Å²) in [5.41, 5.74) is 3.17. The highest BCUT2D eigenvalue weighted by Gasteiger charge is 2.28. The van der Waals surface area contributed by atoms with Crippen LogP contribution in [0.1, 0.15) is 5.56 Å². The Morgan fingerprint density at radius 1 is 1.07 bits per heavy atom. The number of piperazine rings is 1. The summed E-state index contributed by atoms with van der Waals surface area (Å²) in [6.45, 7) is 1.68. The van der Waals surface area contributed by atoms with Crippen molar-refractivity contribution in [2.24, 2.45) is 5.10 Å². The van der Waals surface area contributed by atoms with E-state index in [1.807, 2.05) is 4.90 Å². The van der Waals surface area contributed by atoms with Crippen LogP contribution in [0.2, 0.25) is 10.0 Å². The number of carbonyl (C=O) groups is 1. The number of sulfonamides is 1. The molecule has 0 aromatic heterocycles. The van der Waals surface area contributed by atoms with E-state index < -0.39 is 10.0 Å². The number of rotatable bonds is 6. The van der Waals surface area contributed by atoms with Crippen LogP contribution in [0, 0.1) is 0 Å². The molecule has 1 aliphatic rings. The quantitative estimate of drug-likeness (QED) is 0.456. The lowest BCUT2D eigenvalue weighted by Gasteiger charge is -2.33. The van der Waals surface area contributed by atoms with Crippen molar-refractivity contribution in [1.82, 2.24) is 14.6 Å². The molecule has 1 amide bonds. The van der Waals surface area contributed by atoms with Gasteiger partial charge >= 0.3 is 0 Å². The highest BCUT2D eigenvalue weighted by molar-refractivity contribution is 9.10. The second-order valence-electron chi connectivity index (χ2n) is 6.60. The van der Waals surface area contributed by atoms with Crippen LogP contribution in [0.3, 0.4) is 0 Å². The number of nitrogens with one attached hydrogen (secondary N) is 1. The minimum atomic E-state index is -3.54. The molecule has 1 fully saturated rings. The summed E-state index contributed by atoms with van der Waals surface area (Å²) in [6, 6.07) is 11.6. The van der Waals surface area contributed by atoms with Gasteiger partial charge in [-0.05, 0) is 42.0 Å². The van der Waals surface area contributed by atoms with Gasteiger partial charge in [0.05, 0.1) is 27.7 Å². The van der Waals surface area contributed by atoms with E-state index in [1.165, 1.54) is 10.5 Å². The number of benzene rings is 2. The Balaban J connectivity index is 1.48. The molecule has 3 rings (SSSR count). The van der Waals surface area contributed by atoms with Crippen LogP contribution in [0.15, 0.2) is 56.9 Å². The van der Waals surface area contributed by atoms with Crippen LogP contribution >= 0.6 is 39.1 Å². The van der Waals surface area contributed by atoms with E-state index in [0.29, 0.717) is 41.8 Å². The first-order chi connectivity index (χ1) is 14.3. The fraction of sp³-hybridized carbons (Fsp3) is 0.263. The number of hydrazone groups is 1. The Bertz CT molecular complexity index is 1040. The highest BCUT2D eigenvalue weighted by Crippen LogP contribution is 2.22. The van der Waals surface area contributed by atoms with Gasteiger partial charge in [-0.25, -0.2) is 13.8 Å². The van der Waals surface area contributed by atoms with Crippen molar-refractivity contribution in [2.45, 2.75) is 4.90 Å². The first-order valence-electron chi connectivity index (χ1n) is 9.01. The number of hydrogen-bond acceptors (Lipinski definition) is 5. The highest BCUT2D eigenvalue weighted by atomic mass is 79.9. The molecular weight excluding hydrogens is 515 g/mol. The molecule has 0 saturated carbocycles. The van der Waals surface area contributed by atoms with Crippen LogP contribution in [-0.2, 0) is 14.8 Å². The third-order valence-electron chi connectivity index (χ3n) is 4.50. The van der Waals surface area contributed by atoms with E-state index in [0.717, 1.165) is 4.47 Å². The van der Waals surface area contributed by atoms with Crippen molar-refractivity contribution in [3.8, 4) is 0 Å². The van der Waals surface area contributed by atoms with Crippen molar-refractivity contribution in [2.75, 3.05) is 32.7 Å². The van der Waals surface area contributed by atoms with Crippen molar-refractivity contribution >= 4 is 61.3 Å². The van der Waals surface area contributed by atoms with Crippen molar-refractivity contribution < 1.29 is 13.2 Å². The molecule has 0 radical (unpaired) electrons. The standard InChI is InChI=1S/C19H19BrCl2N4O3S/c20-15-2-4-16(5-3-15)30(28,29)26-9-7-25(8-10-26)13-19(27)24-23-12-14-1-6-17(21)18(22)11-14/h1-6,11-12H,7-10,13H2,(H,24,27)/b23-12-. The lowest BCUT2D eigenvalue weighted by Crippen LogP contribution is -2.50. The molecule has 1 N–H and O–H groups in total. The first-order valence-corrected chi connectivity index (χ1v) is 12.0. The molecule has 0 bridgehead atoms. The van der Waals surface area contributed by atoms with Gasteiger partial charge in [-0.3, -0.25) is 9.69 Å². The molecule has 0 aliphatic carbocycles. The lowest BCUT2D eigenvalue weighted by atomic mass is 10.2. The molecule has 30 heavy (non-hydrogen) atoms. The van der Waals surface area contributed by atoms with E-state index in [-0.39, 0.29) is 17.3 Å². The molecular formula is C19H19BrCl2N4O3S. The summed E-state index contributed by atoms with van der Waals surface area (Å²) < 4.78 is 27.7. The molecule has 160 valence electrons. The van der Waals surface area contributed by atoms with E-state index in [4.69, 9.17) is 23.2 Å².